The van der Waals surface area contributed by atoms with Crippen molar-refractivity contribution in [1.29, 1.82) is 0 Å². The van der Waals surface area contributed by atoms with Crippen molar-refractivity contribution in [2.45, 2.75) is 12.0 Å². The molecule has 1 heterocycles. The second kappa shape index (κ2) is 3.20. The van der Waals surface area contributed by atoms with Gasteiger partial charge in [-0.2, -0.15) is 0 Å². The highest BCUT2D eigenvalue weighted by Crippen LogP contribution is 2.28. The Kier molecular flexibility index (Phi) is 2.44. The van der Waals surface area contributed by atoms with E-state index in [4.69, 9.17) is 10.8 Å². The minimum atomic E-state index is -3.30. The van der Waals surface area contributed by atoms with Crippen LogP contribution in [-0.2, 0) is 0 Å². The summed E-state index contributed by atoms with van der Waals surface area (Å²) >= 11 is 0. The van der Waals surface area contributed by atoms with Gasteiger partial charge in [-0.1, -0.05) is 0 Å². The first-order chi connectivity index (χ1) is 5.58. The standard InChI is InChI=1S/C7H9F2NO2/c8-7(9,4-11)6(10)5-1-2-12-3-5/h1-3,6,11H,4,10H2/t6-/m1/s1. The zero-order chi connectivity index (χ0) is 9.19. The fraction of sp³-hybridized carbons (Fsp3) is 0.429. The van der Waals surface area contributed by atoms with Crippen LogP contribution in [0.2, 0.25) is 0 Å². The van der Waals surface area contributed by atoms with Gasteiger partial charge in [0.1, 0.15) is 6.61 Å². The van der Waals surface area contributed by atoms with Gasteiger partial charge < -0.3 is 15.3 Å². The lowest BCUT2D eigenvalue weighted by Gasteiger charge is -2.19. The normalized spacial score (nSPS) is 14.7. The lowest BCUT2D eigenvalue weighted by Crippen LogP contribution is -2.35. The average molecular weight is 177 g/mol. The summed E-state index contributed by atoms with van der Waals surface area (Å²) in [6.07, 6.45) is 2.39. The van der Waals surface area contributed by atoms with Gasteiger partial charge >= 0.3 is 0 Å². The Hall–Kier alpha value is -0.940. The minimum Gasteiger partial charge on any atom is -0.472 e. The van der Waals surface area contributed by atoms with Crippen molar-refractivity contribution in [2.75, 3.05) is 6.61 Å². The van der Waals surface area contributed by atoms with Crippen molar-refractivity contribution in [1.82, 2.24) is 0 Å². The number of rotatable bonds is 3. The number of furan rings is 1. The molecule has 3 N–H and O–H groups in total. The molecule has 0 unspecified atom stereocenters. The van der Waals surface area contributed by atoms with Crippen LogP contribution in [0.1, 0.15) is 11.6 Å². The SMILES string of the molecule is N[C@H](c1ccoc1)C(F)(F)CO. The maximum atomic E-state index is 12.7. The Bertz CT molecular complexity index is 236. The molecule has 0 fully saturated rings. The first kappa shape index (κ1) is 9.15. The first-order valence-electron chi connectivity index (χ1n) is 3.34. The average Bonchev–Trinajstić information content (AvgIpc) is 2.55. The molecule has 0 amide bonds. The van der Waals surface area contributed by atoms with Crippen LogP contribution in [0, 0.1) is 0 Å². The zero-order valence-corrected chi connectivity index (χ0v) is 6.21. The van der Waals surface area contributed by atoms with Gasteiger partial charge in [-0.15, -0.1) is 0 Å². The lowest BCUT2D eigenvalue weighted by molar-refractivity contribution is -0.0712. The quantitative estimate of drug-likeness (QED) is 0.721. The summed E-state index contributed by atoms with van der Waals surface area (Å²) in [5.41, 5.74) is 5.33. The Balaban J connectivity index is 2.78. The van der Waals surface area contributed by atoms with E-state index in [1.807, 2.05) is 0 Å². The number of hydrogen-bond donors (Lipinski definition) is 2. The number of hydrogen-bond acceptors (Lipinski definition) is 3. The molecule has 1 aromatic heterocycles. The van der Waals surface area contributed by atoms with Gasteiger partial charge in [0.15, 0.2) is 0 Å². The highest BCUT2D eigenvalue weighted by Gasteiger charge is 2.37. The van der Waals surface area contributed by atoms with E-state index in [-0.39, 0.29) is 5.56 Å². The number of aliphatic hydroxyl groups excluding tert-OH is 1. The van der Waals surface area contributed by atoms with Gasteiger partial charge in [0.2, 0.25) is 0 Å². The zero-order valence-electron chi connectivity index (χ0n) is 6.21. The molecular weight excluding hydrogens is 168 g/mol. The van der Waals surface area contributed by atoms with E-state index >= 15 is 0 Å². The maximum Gasteiger partial charge on any atom is 0.289 e. The van der Waals surface area contributed by atoms with Gasteiger partial charge in [-0.3, -0.25) is 0 Å². The van der Waals surface area contributed by atoms with E-state index in [0.29, 0.717) is 0 Å². The van der Waals surface area contributed by atoms with Crippen molar-refractivity contribution in [3.05, 3.63) is 24.2 Å². The van der Waals surface area contributed by atoms with Gasteiger partial charge in [-0.05, 0) is 6.07 Å². The Morgan fingerprint density at radius 1 is 1.67 bits per heavy atom. The number of aliphatic hydroxyl groups is 1. The van der Waals surface area contributed by atoms with Crippen LogP contribution < -0.4 is 5.73 Å². The van der Waals surface area contributed by atoms with Crippen LogP contribution in [0.25, 0.3) is 0 Å². The Labute approximate surface area is 67.8 Å². The predicted octanol–water partition coefficient (Wildman–Crippen LogP) is 0.907. The topological polar surface area (TPSA) is 59.4 Å². The monoisotopic (exact) mass is 177 g/mol. The third kappa shape index (κ3) is 1.62. The van der Waals surface area contributed by atoms with Gasteiger partial charge in [0.25, 0.3) is 5.92 Å². The minimum absolute atomic E-state index is 0.175. The highest BCUT2D eigenvalue weighted by molar-refractivity contribution is 5.14. The van der Waals surface area contributed by atoms with Crippen LogP contribution in [0.5, 0.6) is 0 Å². The summed E-state index contributed by atoms with van der Waals surface area (Å²) in [6, 6.07) is -0.171. The summed E-state index contributed by atoms with van der Waals surface area (Å²) in [5, 5.41) is 8.30. The van der Waals surface area contributed by atoms with Crippen LogP contribution in [-0.4, -0.2) is 17.6 Å². The van der Waals surface area contributed by atoms with Crippen LogP contribution in [0.15, 0.2) is 23.0 Å². The molecule has 0 bridgehead atoms. The van der Waals surface area contributed by atoms with Crippen molar-refractivity contribution in [3.63, 3.8) is 0 Å². The molecule has 0 aliphatic heterocycles. The molecule has 1 aromatic rings. The number of alkyl halides is 2. The third-order valence-electron chi connectivity index (χ3n) is 1.57. The van der Waals surface area contributed by atoms with Gasteiger partial charge in [0, 0.05) is 5.56 Å². The third-order valence-corrected chi connectivity index (χ3v) is 1.57. The van der Waals surface area contributed by atoms with Crippen LogP contribution >= 0.6 is 0 Å². The second-order valence-electron chi connectivity index (χ2n) is 2.45. The van der Waals surface area contributed by atoms with Crippen molar-refractivity contribution in [3.8, 4) is 0 Å². The molecule has 0 radical (unpaired) electrons. The molecule has 1 atom stereocenters. The summed E-state index contributed by atoms with van der Waals surface area (Å²) in [4.78, 5) is 0. The van der Waals surface area contributed by atoms with E-state index in [1.165, 1.54) is 12.3 Å². The molecule has 5 heteroatoms. The van der Waals surface area contributed by atoms with Gasteiger partial charge in [-0.25, -0.2) is 8.78 Å². The van der Waals surface area contributed by atoms with Crippen molar-refractivity contribution < 1.29 is 18.3 Å². The first-order valence-corrected chi connectivity index (χ1v) is 3.34. The van der Waals surface area contributed by atoms with E-state index in [0.717, 1.165) is 6.26 Å². The molecule has 0 aliphatic rings. The summed E-state index contributed by atoms with van der Waals surface area (Å²) in [7, 11) is 0. The Morgan fingerprint density at radius 2 is 2.33 bits per heavy atom. The summed E-state index contributed by atoms with van der Waals surface area (Å²) in [6.45, 7) is -1.26. The molecular formula is C7H9F2NO2. The number of nitrogens with two attached hydrogens (primary N) is 1. The molecule has 1 rings (SSSR count). The Morgan fingerprint density at radius 3 is 2.75 bits per heavy atom. The molecule has 12 heavy (non-hydrogen) atoms. The van der Waals surface area contributed by atoms with Crippen LogP contribution in [0.3, 0.4) is 0 Å². The van der Waals surface area contributed by atoms with Crippen LogP contribution in [0.4, 0.5) is 8.78 Å². The lowest BCUT2D eigenvalue weighted by atomic mass is 10.1. The predicted molar refractivity (Wildman–Crippen MR) is 37.7 cm³/mol. The van der Waals surface area contributed by atoms with Gasteiger partial charge in [0.05, 0.1) is 18.6 Å². The molecule has 0 saturated carbocycles. The van der Waals surface area contributed by atoms with E-state index in [2.05, 4.69) is 4.42 Å². The summed E-state index contributed by atoms with van der Waals surface area (Å²) in [5.74, 6) is -3.30. The highest BCUT2D eigenvalue weighted by atomic mass is 19.3. The van der Waals surface area contributed by atoms with E-state index < -0.39 is 18.6 Å². The smallest absolute Gasteiger partial charge is 0.289 e. The van der Waals surface area contributed by atoms with Crippen molar-refractivity contribution >= 4 is 0 Å². The van der Waals surface area contributed by atoms with E-state index in [1.54, 1.807) is 0 Å². The summed E-state index contributed by atoms with van der Waals surface area (Å²) < 4.78 is 30.0. The largest absolute Gasteiger partial charge is 0.472 e. The molecule has 0 aliphatic carbocycles. The molecule has 0 aromatic carbocycles. The fourth-order valence-electron chi connectivity index (χ4n) is 0.794. The second-order valence-corrected chi connectivity index (χ2v) is 2.45. The maximum absolute atomic E-state index is 12.7. The van der Waals surface area contributed by atoms with E-state index in [9.17, 15) is 8.78 Å². The molecule has 0 spiro atoms. The number of halogens is 2. The fourth-order valence-corrected chi connectivity index (χ4v) is 0.794. The molecule has 3 nitrogen and oxygen atoms in total. The van der Waals surface area contributed by atoms with Crippen molar-refractivity contribution in [2.24, 2.45) is 5.73 Å². The molecule has 0 saturated heterocycles. The molecule has 68 valence electrons.